The van der Waals surface area contributed by atoms with E-state index in [-0.39, 0.29) is 0 Å². The molecule has 0 bridgehead atoms. The molecule has 0 aliphatic carbocycles. The topological polar surface area (TPSA) is 21.3 Å². The maximum absolute atomic E-state index is 6.11. The fourth-order valence-corrected chi connectivity index (χ4v) is 3.21. The van der Waals surface area contributed by atoms with Gasteiger partial charge in [-0.3, -0.25) is 0 Å². The van der Waals surface area contributed by atoms with Gasteiger partial charge in [-0.2, -0.15) is 0 Å². The monoisotopic (exact) mass is 237 g/mol. The van der Waals surface area contributed by atoms with E-state index in [2.05, 4.69) is 41.7 Å². The van der Waals surface area contributed by atoms with Crippen LogP contribution >= 0.6 is 0 Å². The van der Waals surface area contributed by atoms with Crippen LogP contribution in [-0.2, 0) is 0 Å². The summed E-state index contributed by atoms with van der Waals surface area (Å²) in [6.07, 6.45) is 0. The summed E-state index contributed by atoms with van der Waals surface area (Å²) in [5.41, 5.74) is 2.67. The highest BCUT2D eigenvalue weighted by Crippen LogP contribution is 2.47. The summed E-state index contributed by atoms with van der Waals surface area (Å²) < 4.78 is 6.11. The molecule has 1 saturated heterocycles. The Hall–Kier alpha value is -1.80. The zero-order chi connectivity index (χ0) is 11.9. The van der Waals surface area contributed by atoms with Gasteiger partial charge in [-0.1, -0.05) is 36.4 Å². The van der Waals surface area contributed by atoms with Crippen LogP contribution in [0.4, 0.5) is 0 Å². The van der Waals surface area contributed by atoms with Crippen molar-refractivity contribution in [2.75, 3.05) is 13.1 Å². The van der Waals surface area contributed by atoms with Crippen LogP contribution in [0.1, 0.15) is 23.0 Å². The van der Waals surface area contributed by atoms with Crippen molar-refractivity contribution in [3.05, 3.63) is 59.7 Å². The molecule has 0 saturated carbocycles. The van der Waals surface area contributed by atoms with Gasteiger partial charge in [0, 0.05) is 24.9 Å². The molecule has 0 spiro atoms. The minimum Gasteiger partial charge on any atom is -0.457 e. The van der Waals surface area contributed by atoms with E-state index in [0.717, 1.165) is 24.6 Å². The van der Waals surface area contributed by atoms with Crippen molar-refractivity contribution in [3.8, 4) is 11.5 Å². The normalized spacial score (nSPS) is 24.4. The Labute approximate surface area is 107 Å². The van der Waals surface area contributed by atoms with Crippen LogP contribution in [0.2, 0.25) is 0 Å². The number of para-hydroxylation sites is 2. The molecule has 2 atom stereocenters. The third-order valence-corrected chi connectivity index (χ3v) is 4.07. The molecule has 2 nitrogen and oxygen atoms in total. The predicted octanol–water partition coefficient (Wildman–Crippen LogP) is 3.26. The first-order valence-electron chi connectivity index (χ1n) is 6.50. The molecular weight excluding hydrogens is 222 g/mol. The summed E-state index contributed by atoms with van der Waals surface area (Å²) in [7, 11) is 0. The smallest absolute Gasteiger partial charge is 0.130 e. The van der Waals surface area contributed by atoms with Gasteiger partial charge in [0.05, 0.1) is 0 Å². The number of rotatable bonds is 0. The van der Waals surface area contributed by atoms with Crippen LogP contribution in [0.15, 0.2) is 48.5 Å². The molecule has 0 aromatic heterocycles. The molecule has 2 aliphatic heterocycles. The minimum absolute atomic E-state index is 0.532. The third kappa shape index (κ3) is 1.39. The molecule has 1 fully saturated rings. The molecule has 0 unspecified atom stereocenters. The highest BCUT2D eigenvalue weighted by atomic mass is 16.5. The zero-order valence-electron chi connectivity index (χ0n) is 10.1. The fourth-order valence-electron chi connectivity index (χ4n) is 3.21. The van der Waals surface area contributed by atoms with Crippen molar-refractivity contribution in [3.63, 3.8) is 0 Å². The molecule has 2 aromatic carbocycles. The largest absolute Gasteiger partial charge is 0.457 e. The van der Waals surface area contributed by atoms with Crippen molar-refractivity contribution in [2.24, 2.45) is 0 Å². The second-order valence-corrected chi connectivity index (χ2v) is 5.05. The summed E-state index contributed by atoms with van der Waals surface area (Å²) >= 11 is 0. The van der Waals surface area contributed by atoms with E-state index in [1.807, 2.05) is 12.1 Å². The van der Waals surface area contributed by atoms with E-state index < -0.39 is 0 Å². The number of ether oxygens (including phenoxy) is 1. The van der Waals surface area contributed by atoms with E-state index in [4.69, 9.17) is 4.74 Å². The van der Waals surface area contributed by atoms with Crippen molar-refractivity contribution in [1.82, 2.24) is 5.32 Å². The van der Waals surface area contributed by atoms with Gasteiger partial charge in [0.25, 0.3) is 0 Å². The van der Waals surface area contributed by atoms with Crippen molar-refractivity contribution >= 4 is 0 Å². The molecule has 2 heteroatoms. The van der Waals surface area contributed by atoms with Gasteiger partial charge < -0.3 is 10.1 Å². The highest BCUT2D eigenvalue weighted by Gasteiger charge is 2.35. The number of benzene rings is 2. The number of nitrogens with one attached hydrogen (secondary N) is 1. The first kappa shape index (κ1) is 10.2. The Morgan fingerprint density at radius 3 is 1.83 bits per heavy atom. The van der Waals surface area contributed by atoms with Crippen molar-refractivity contribution in [2.45, 2.75) is 11.8 Å². The Bertz CT molecular complexity index is 542. The summed E-state index contributed by atoms with van der Waals surface area (Å²) in [6.45, 7) is 2.08. The van der Waals surface area contributed by atoms with E-state index in [9.17, 15) is 0 Å². The first-order chi connectivity index (χ1) is 8.93. The van der Waals surface area contributed by atoms with Gasteiger partial charge in [0.15, 0.2) is 0 Å². The molecule has 2 aromatic rings. The Morgan fingerprint density at radius 2 is 1.28 bits per heavy atom. The Balaban J connectivity index is 1.95. The summed E-state index contributed by atoms with van der Waals surface area (Å²) in [6, 6.07) is 16.9. The van der Waals surface area contributed by atoms with Gasteiger partial charge in [0.2, 0.25) is 0 Å². The molecule has 90 valence electrons. The van der Waals surface area contributed by atoms with E-state index in [0.29, 0.717) is 11.8 Å². The quantitative estimate of drug-likeness (QED) is 0.759. The van der Waals surface area contributed by atoms with Crippen LogP contribution in [0.5, 0.6) is 11.5 Å². The van der Waals surface area contributed by atoms with Crippen LogP contribution in [0.3, 0.4) is 0 Å². The third-order valence-electron chi connectivity index (χ3n) is 4.07. The van der Waals surface area contributed by atoms with Crippen LogP contribution in [0.25, 0.3) is 0 Å². The molecule has 2 aliphatic rings. The molecule has 2 heterocycles. The first-order valence-corrected chi connectivity index (χ1v) is 6.50. The Kier molecular flexibility index (Phi) is 2.17. The lowest BCUT2D eigenvalue weighted by Gasteiger charge is -2.16. The lowest BCUT2D eigenvalue weighted by molar-refractivity contribution is 0.476. The summed E-state index contributed by atoms with van der Waals surface area (Å²) in [4.78, 5) is 0. The van der Waals surface area contributed by atoms with Crippen LogP contribution in [-0.4, -0.2) is 13.1 Å². The zero-order valence-corrected chi connectivity index (χ0v) is 10.1. The molecule has 18 heavy (non-hydrogen) atoms. The maximum atomic E-state index is 6.11. The molecule has 1 N–H and O–H groups in total. The van der Waals surface area contributed by atoms with Gasteiger partial charge in [-0.25, -0.2) is 0 Å². The highest BCUT2D eigenvalue weighted by molar-refractivity contribution is 5.50. The predicted molar refractivity (Wildman–Crippen MR) is 71.3 cm³/mol. The molecular formula is C16H15NO. The SMILES string of the molecule is c1ccc2c(c1)Oc1ccccc1[C@H]1CNC[C@H]21. The van der Waals surface area contributed by atoms with E-state index in [1.165, 1.54) is 11.1 Å². The second-order valence-electron chi connectivity index (χ2n) is 5.05. The number of hydrogen-bond donors (Lipinski definition) is 1. The number of hydrogen-bond acceptors (Lipinski definition) is 2. The van der Waals surface area contributed by atoms with Gasteiger partial charge >= 0.3 is 0 Å². The van der Waals surface area contributed by atoms with Gasteiger partial charge in [-0.15, -0.1) is 0 Å². The van der Waals surface area contributed by atoms with Gasteiger partial charge in [0.1, 0.15) is 11.5 Å². The lowest BCUT2D eigenvalue weighted by atomic mass is 9.84. The van der Waals surface area contributed by atoms with Crippen molar-refractivity contribution < 1.29 is 4.74 Å². The number of fused-ring (bicyclic) bond motifs is 5. The summed E-state index contributed by atoms with van der Waals surface area (Å²) in [5, 5.41) is 3.52. The minimum atomic E-state index is 0.532. The molecule has 0 radical (unpaired) electrons. The van der Waals surface area contributed by atoms with Crippen LogP contribution in [0, 0.1) is 0 Å². The lowest BCUT2D eigenvalue weighted by Crippen LogP contribution is -2.08. The van der Waals surface area contributed by atoms with Gasteiger partial charge in [-0.05, 0) is 23.3 Å². The van der Waals surface area contributed by atoms with Crippen molar-refractivity contribution in [1.29, 1.82) is 0 Å². The molecule has 0 amide bonds. The molecule has 4 rings (SSSR count). The Morgan fingerprint density at radius 1 is 0.778 bits per heavy atom. The van der Waals surface area contributed by atoms with E-state index in [1.54, 1.807) is 0 Å². The standard InChI is InChI=1S/C16H15NO/c1-3-7-15-11(5-1)13-9-17-10-14(13)12-6-2-4-8-16(12)18-15/h1-8,13-14,17H,9-10H2/t13-,14-/m1/s1. The second kappa shape index (κ2) is 3.85. The average Bonchev–Trinajstić information content (AvgIpc) is 2.84. The average molecular weight is 237 g/mol. The maximum Gasteiger partial charge on any atom is 0.130 e. The van der Waals surface area contributed by atoms with Crippen LogP contribution < -0.4 is 10.1 Å². The fraction of sp³-hybridized carbons (Fsp3) is 0.250. The summed E-state index contributed by atoms with van der Waals surface area (Å²) in [5.74, 6) is 3.09. The van der Waals surface area contributed by atoms with E-state index >= 15 is 0 Å².